The van der Waals surface area contributed by atoms with Crippen molar-refractivity contribution >= 4 is 49.7 Å². The molecule has 0 amide bonds. The van der Waals surface area contributed by atoms with Crippen LogP contribution in [0.1, 0.15) is 0 Å². The van der Waals surface area contributed by atoms with Crippen LogP contribution in [-0.2, 0) is 0 Å². The first-order valence-electron chi connectivity index (χ1n) is 3.64. The Bertz CT molecular complexity index is 523. The molecule has 0 atom stereocenters. The van der Waals surface area contributed by atoms with Crippen LogP contribution in [0.2, 0.25) is 0 Å². The number of hydrogen-bond donors (Lipinski definition) is 1. The van der Waals surface area contributed by atoms with E-state index in [1.165, 1.54) is 17.4 Å². The Kier molecular flexibility index (Phi) is 2.31. The number of nitrogens with zero attached hydrogens (tertiary/aromatic N) is 1. The van der Waals surface area contributed by atoms with Gasteiger partial charge in [0.15, 0.2) is 0 Å². The Labute approximate surface area is 96.5 Å². The van der Waals surface area contributed by atoms with E-state index in [-0.39, 0.29) is 11.4 Å². The Balaban J connectivity index is 2.87. The van der Waals surface area contributed by atoms with Crippen LogP contribution in [0.15, 0.2) is 17.5 Å². The monoisotopic (exact) mass is 321 g/mol. The lowest BCUT2D eigenvalue weighted by Crippen LogP contribution is -1.91. The molecule has 14 heavy (non-hydrogen) atoms. The third-order valence-electron chi connectivity index (χ3n) is 1.85. The predicted molar refractivity (Wildman–Crippen MR) is 62.9 cm³/mol. The highest BCUT2D eigenvalue weighted by molar-refractivity contribution is 14.1. The topological polar surface area (TPSA) is 63.4 Å². The standard InChI is InChI=1S/C8H4INO3S/c9-7-5(10(12)13)3-6-4(8(7)11)1-2-14-6/h1-3,11H. The fourth-order valence-corrected chi connectivity index (χ4v) is 2.65. The first-order chi connectivity index (χ1) is 6.61. The minimum Gasteiger partial charge on any atom is -0.506 e. The molecular weight excluding hydrogens is 317 g/mol. The maximum atomic E-state index is 10.6. The highest BCUT2D eigenvalue weighted by Crippen LogP contribution is 2.38. The number of aromatic hydroxyl groups is 1. The molecule has 0 saturated heterocycles. The third-order valence-corrected chi connectivity index (χ3v) is 3.77. The molecule has 4 nitrogen and oxygen atoms in total. The summed E-state index contributed by atoms with van der Waals surface area (Å²) in [5.74, 6) is -0.00366. The lowest BCUT2D eigenvalue weighted by Gasteiger charge is -1.99. The van der Waals surface area contributed by atoms with Gasteiger partial charge in [0.25, 0.3) is 5.69 Å². The van der Waals surface area contributed by atoms with Crippen LogP contribution in [0.4, 0.5) is 5.69 Å². The number of nitro groups is 1. The lowest BCUT2D eigenvalue weighted by atomic mass is 10.2. The van der Waals surface area contributed by atoms with Crippen molar-refractivity contribution in [2.45, 2.75) is 0 Å². The van der Waals surface area contributed by atoms with Gasteiger partial charge in [0.1, 0.15) is 9.32 Å². The zero-order valence-electron chi connectivity index (χ0n) is 6.73. The highest BCUT2D eigenvalue weighted by atomic mass is 127. The Hall–Kier alpha value is -0.890. The normalized spacial score (nSPS) is 10.6. The van der Waals surface area contributed by atoms with Gasteiger partial charge in [0, 0.05) is 16.2 Å². The van der Waals surface area contributed by atoms with E-state index in [1.807, 2.05) is 0 Å². The second-order valence-corrected chi connectivity index (χ2v) is 4.67. The molecule has 0 aliphatic rings. The summed E-state index contributed by atoms with van der Waals surface area (Å²) < 4.78 is 1.02. The van der Waals surface area contributed by atoms with Crippen molar-refractivity contribution in [2.24, 2.45) is 0 Å². The van der Waals surface area contributed by atoms with Gasteiger partial charge >= 0.3 is 0 Å². The molecule has 6 heteroatoms. The molecule has 0 spiro atoms. The van der Waals surface area contributed by atoms with Crippen molar-refractivity contribution in [1.82, 2.24) is 0 Å². The van der Waals surface area contributed by atoms with Crippen LogP contribution in [0, 0.1) is 13.7 Å². The maximum Gasteiger partial charge on any atom is 0.287 e. The number of nitro benzene ring substituents is 1. The maximum absolute atomic E-state index is 10.6. The zero-order chi connectivity index (χ0) is 10.3. The van der Waals surface area contributed by atoms with Gasteiger partial charge in [-0.2, -0.15) is 0 Å². The first-order valence-corrected chi connectivity index (χ1v) is 5.60. The summed E-state index contributed by atoms with van der Waals surface area (Å²) in [7, 11) is 0. The summed E-state index contributed by atoms with van der Waals surface area (Å²) in [6.07, 6.45) is 0. The largest absolute Gasteiger partial charge is 0.506 e. The van der Waals surface area contributed by atoms with Gasteiger partial charge in [0.05, 0.1) is 4.92 Å². The number of halogens is 1. The van der Waals surface area contributed by atoms with E-state index in [0.717, 1.165) is 4.70 Å². The van der Waals surface area contributed by atoms with E-state index in [4.69, 9.17) is 0 Å². The van der Waals surface area contributed by atoms with Gasteiger partial charge in [0.2, 0.25) is 0 Å². The molecule has 2 aromatic rings. The number of rotatable bonds is 1. The molecule has 0 radical (unpaired) electrons. The molecule has 0 aliphatic carbocycles. The third kappa shape index (κ3) is 1.34. The molecule has 0 fully saturated rings. The number of phenolic OH excluding ortho intramolecular Hbond substituents is 1. The van der Waals surface area contributed by atoms with Crippen molar-refractivity contribution in [1.29, 1.82) is 0 Å². The molecule has 1 N–H and O–H groups in total. The Morgan fingerprint density at radius 3 is 2.93 bits per heavy atom. The molecule has 1 heterocycles. The molecule has 72 valence electrons. The molecular formula is C8H4INO3S. The van der Waals surface area contributed by atoms with Crippen molar-refractivity contribution in [3.8, 4) is 5.75 Å². The molecule has 1 aromatic carbocycles. The van der Waals surface area contributed by atoms with Gasteiger partial charge in [-0.25, -0.2) is 0 Å². The molecule has 0 saturated carbocycles. The zero-order valence-corrected chi connectivity index (χ0v) is 9.70. The van der Waals surface area contributed by atoms with Crippen LogP contribution in [0.3, 0.4) is 0 Å². The highest BCUT2D eigenvalue weighted by Gasteiger charge is 2.19. The molecule has 2 rings (SSSR count). The summed E-state index contributed by atoms with van der Waals surface area (Å²) >= 11 is 3.15. The van der Waals surface area contributed by atoms with Crippen LogP contribution in [-0.4, -0.2) is 10.0 Å². The number of phenols is 1. The smallest absolute Gasteiger partial charge is 0.287 e. The molecule has 0 bridgehead atoms. The lowest BCUT2D eigenvalue weighted by molar-refractivity contribution is -0.385. The van der Waals surface area contributed by atoms with Crippen LogP contribution >= 0.6 is 33.9 Å². The molecule has 0 unspecified atom stereocenters. The van der Waals surface area contributed by atoms with Crippen molar-refractivity contribution in [3.05, 3.63) is 31.2 Å². The second-order valence-electron chi connectivity index (χ2n) is 2.65. The van der Waals surface area contributed by atoms with Gasteiger partial charge in [-0.1, -0.05) is 0 Å². The van der Waals surface area contributed by atoms with Crippen molar-refractivity contribution in [3.63, 3.8) is 0 Å². The van der Waals surface area contributed by atoms with Gasteiger partial charge < -0.3 is 5.11 Å². The number of hydrogen-bond acceptors (Lipinski definition) is 4. The summed E-state index contributed by atoms with van der Waals surface area (Å²) in [5.41, 5.74) is -0.0435. The average molecular weight is 321 g/mol. The Morgan fingerprint density at radius 1 is 1.57 bits per heavy atom. The average Bonchev–Trinajstić information content (AvgIpc) is 2.58. The summed E-state index contributed by atoms with van der Waals surface area (Å²) in [6, 6.07) is 3.24. The first kappa shape index (κ1) is 9.66. The van der Waals surface area contributed by atoms with Crippen LogP contribution < -0.4 is 0 Å². The number of benzene rings is 1. The summed E-state index contributed by atoms with van der Waals surface area (Å²) in [4.78, 5) is 10.1. The van der Waals surface area contributed by atoms with E-state index < -0.39 is 4.92 Å². The second kappa shape index (κ2) is 3.35. The SMILES string of the molecule is O=[N+]([O-])c1cc2sccc2c(O)c1I. The van der Waals surface area contributed by atoms with E-state index in [0.29, 0.717) is 8.96 Å². The van der Waals surface area contributed by atoms with Crippen molar-refractivity contribution in [2.75, 3.05) is 0 Å². The quantitative estimate of drug-likeness (QED) is 0.499. The molecule has 0 aliphatic heterocycles. The van der Waals surface area contributed by atoms with E-state index in [2.05, 4.69) is 0 Å². The molecule has 1 aromatic heterocycles. The fourth-order valence-electron chi connectivity index (χ4n) is 1.19. The van der Waals surface area contributed by atoms with Gasteiger partial charge in [-0.15, -0.1) is 11.3 Å². The summed E-state index contributed by atoms with van der Waals surface area (Å²) in [5, 5.41) is 22.8. The number of thiophene rings is 1. The van der Waals surface area contributed by atoms with E-state index >= 15 is 0 Å². The van der Waals surface area contributed by atoms with Crippen molar-refractivity contribution < 1.29 is 10.0 Å². The van der Waals surface area contributed by atoms with E-state index in [9.17, 15) is 15.2 Å². The number of fused-ring (bicyclic) bond motifs is 1. The van der Waals surface area contributed by atoms with Crippen LogP contribution in [0.25, 0.3) is 10.1 Å². The van der Waals surface area contributed by atoms with Gasteiger partial charge in [-0.3, -0.25) is 10.1 Å². The minimum atomic E-state index is -0.485. The predicted octanol–water partition coefficient (Wildman–Crippen LogP) is 3.12. The minimum absolute atomic E-state index is 0.00366. The van der Waals surface area contributed by atoms with Crippen LogP contribution in [0.5, 0.6) is 5.75 Å². The fraction of sp³-hybridized carbons (Fsp3) is 0. The van der Waals surface area contributed by atoms with Gasteiger partial charge in [-0.05, 0) is 34.0 Å². The Morgan fingerprint density at radius 2 is 2.29 bits per heavy atom. The van der Waals surface area contributed by atoms with E-state index in [1.54, 1.807) is 34.0 Å². The summed E-state index contributed by atoms with van der Waals surface area (Å²) in [6.45, 7) is 0.